The first-order valence-corrected chi connectivity index (χ1v) is 8.55. The zero-order valence-electron chi connectivity index (χ0n) is 14.9. The van der Waals surface area contributed by atoms with Crippen LogP contribution in [0.1, 0.15) is 18.9 Å². The molecule has 2 aromatic rings. The number of hydrogen-bond acceptors (Lipinski definition) is 7. The lowest BCUT2D eigenvalue weighted by Crippen LogP contribution is -2.59. The summed E-state index contributed by atoms with van der Waals surface area (Å²) in [6.45, 7) is 3.20. The minimum absolute atomic E-state index is 0.283. The maximum Gasteiger partial charge on any atom is 0.329 e. The number of carboxylic acid groups (broad SMARTS) is 2. The Morgan fingerprint density at radius 1 is 1.30 bits per heavy atom. The molecule has 2 aromatic heterocycles. The minimum Gasteiger partial charge on any atom is -0.481 e. The predicted molar refractivity (Wildman–Crippen MR) is 92.3 cm³/mol. The first-order chi connectivity index (χ1) is 13.0. The Morgan fingerprint density at radius 3 is 2.56 bits per heavy atom. The van der Waals surface area contributed by atoms with E-state index in [1.165, 1.54) is 23.5 Å². The van der Waals surface area contributed by atoms with Gasteiger partial charge in [-0.1, -0.05) is 13.0 Å². The van der Waals surface area contributed by atoms with Crippen LogP contribution in [0.4, 0.5) is 0 Å². The highest BCUT2D eigenvalue weighted by Gasteiger charge is 2.51. The fourth-order valence-corrected chi connectivity index (χ4v) is 3.65. The number of hydrogen-bond donors (Lipinski definition) is 2. The summed E-state index contributed by atoms with van der Waals surface area (Å²) in [6, 6.07) is 3.31. The van der Waals surface area contributed by atoms with Gasteiger partial charge in [0.25, 0.3) is 0 Å². The third kappa shape index (κ3) is 3.53. The third-order valence-corrected chi connectivity index (χ3v) is 4.87. The molecule has 1 fully saturated rings. The largest absolute Gasteiger partial charge is 0.481 e. The molecule has 2 unspecified atom stereocenters. The second-order valence-corrected chi connectivity index (χ2v) is 6.41. The van der Waals surface area contributed by atoms with E-state index in [0.29, 0.717) is 37.7 Å². The Bertz CT molecular complexity index is 789. The van der Waals surface area contributed by atoms with Crippen molar-refractivity contribution in [2.75, 3.05) is 26.3 Å². The van der Waals surface area contributed by atoms with Crippen molar-refractivity contribution < 1.29 is 24.5 Å². The van der Waals surface area contributed by atoms with Gasteiger partial charge in [-0.25, -0.2) is 19.4 Å². The Kier molecular flexibility index (Phi) is 5.47. The van der Waals surface area contributed by atoms with Gasteiger partial charge in [0.15, 0.2) is 5.82 Å². The van der Waals surface area contributed by atoms with Crippen molar-refractivity contribution in [1.82, 2.24) is 24.6 Å². The second-order valence-electron chi connectivity index (χ2n) is 6.41. The average molecular weight is 375 g/mol. The molecule has 27 heavy (non-hydrogen) atoms. The molecule has 3 rings (SSSR count). The number of aliphatic carboxylic acids is 2. The Morgan fingerprint density at radius 2 is 2.04 bits per heavy atom. The molecule has 0 bridgehead atoms. The quantitative estimate of drug-likeness (QED) is 0.705. The molecule has 0 radical (unpaired) electrons. The molecule has 2 atom stereocenters. The Balaban J connectivity index is 2.06. The standard InChI is InChI=1S/C17H21N5O5/c1-12(8-15(23)24)17(16(25)26,21-4-6-27-7-5-21)13-2-3-14(19-9-13)22-11-18-10-20-22/h2-3,9-12H,4-8H2,1H3,(H,23,24)(H,25,26). The first kappa shape index (κ1) is 18.9. The molecule has 0 saturated carbocycles. The van der Waals surface area contributed by atoms with Gasteiger partial charge in [-0.15, -0.1) is 0 Å². The van der Waals surface area contributed by atoms with Crippen LogP contribution in [0.15, 0.2) is 31.0 Å². The summed E-state index contributed by atoms with van der Waals surface area (Å²) in [4.78, 5) is 33.8. The highest BCUT2D eigenvalue weighted by molar-refractivity contribution is 5.82. The number of rotatable bonds is 7. The van der Waals surface area contributed by atoms with Crippen molar-refractivity contribution in [3.63, 3.8) is 0 Å². The van der Waals surface area contributed by atoms with Gasteiger partial charge in [0.05, 0.1) is 19.6 Å². The lowest BCUT2D eigenvalue weighted by atomic mass is 9.76. The predicted octanol–water partition coefficient (Wildman–Crippen LogP) is 0.385. The van der Waals surface area contributed by atoms with Crippen LogP contribution in [-0.4, -0.2) is 73.1 Å². The van der Waals surface area contributed by atoms with Gasteiger partial charge in [0, 0.05) is 24.8 Å². The van der Waals surface area contributed by atoms with Crippen molar-refractivity contribution >= 4 is 11.9 Å². The normalized spacial score (nSPS) is 18.6. The summed E-state index contributed by atoms with van der Waals surface area (Å²) in [5.41, 5.74) is -1.09. The van der Waals surface area contributed by atoms with Crippen molar-refractivity contribution in [3.8, 4) is 5.82 Å². The Hall–Kier alpha value is -2.85. The first-order valence-electron chi connectivity index (χ1n) is 8.55. The summed E-state index contributed by atoms with van der Waals surface area (Å²) >= 11 is 0. The fraction of sp³-hybridized carbons (Fsp3) is 0.471. The van der Waals surface area contributed by atoms with E-state index < -0.39 is 23.4 Å². The lowest BCUT2D eigenvalue weighted by Gasteiger charge is -2.46. The summed E-state index contributed by atoms with van der Waals surface area (Å²) in [6.07, 6.45) is 4.05. The number of nitrogens with zero attached hydrogens (tertiary/aromatic N) is 5. The van der Waals surface area contributed by atoms with E-state index in [2.05, 4.69) is 15.1 Å². The SMILES string of the molecule is CC(CC(=O)O)C(C(=O)O)(c1ccc(-n2cncn2)nc1)N1CCOCC1. The van der Waals surface area contributed by atoms with E-state index in [4.69, 9.17) is 4.74 Å². The number of carbonyl (C=O) groups is 2. The van der Waals surface area contributed by atoms with Crippen molar-refractivity contribution in [2.24, 2.45) is 5.92 Å². The van der Waals surface area contributed by atoms with Crippen LogP contribution in [0.25, 0.3) is 5.82 Å². The zero-order valence-corrected chi connectivity index (χ0v) is 14.9. The number of aromatic nitrogens is 4. The number of morpholine rings is 1. The van der Waals surface area contributed by atoms with Crippen LogP contribution in [-0.2, 0) is 19.9 Å². The summed E-state index contributed by atoms with van der Waals surface area (Å²) in [5, 5.41) is 23.5. The third-order valence-electron chi connectivity index (χ3n) is 4.87. The molecule has 2 N–H and O–H groups in total. The van der Waals surface area contributed by atoms with E-state index in [-0.39, 0.29) is 6.42 Å². The van der Waals surface area contributed by atoms with Crippen LogP contribution in [0.2, 0.25) is 0 Å². The monoisotopic (exact) mass is 375 g/mol. The number of pyridine rings is 1. The van der Waals surface area contributed by atoms with Gasteiger partial charge in [0.2, 0.25) is 0 Å². The minimum atomic E-state index is -1.52. The van der Waals surface area contributed by atoms with Gasteiger partial charge in [-0.05, 0) is 12.0 Å². The lowest BCUT2D eigenvalue weighted by molar-refractivity contribution is -0.163. The Labute approximate surface area is 155 Å². The highest BCUT2D eigenvalue weighted by Crippen LogP contribution is 2.39. The molecule has 0 aromatic carbocycles. The molecule has 1 saturated heterocycles. The molecule has 1 aliphatic rings. The van der Waals surface area contributed by atoms with E-state index in [9.17, 15) is 19.8 Å². The molecular weight excluding hydrogens is 354 g/mol. The van der Waals surface area contributed by atoms with Gasteiger partial charge in [-0.2, -0.15) is 5.10 Å². The van der Waals surface area contributed by atoms with Crippen LogP contribution >= 0.6 is 0 Å². The zero-order chi connectivity index (χ0) is 19.4. The van der Waals surface area contributed by atoms with Gasteiger partial charge < -0.3 is 14.9 Å². The molecule has 0 aliphatic carbocycles. The molecule has 0 spiro atoms. The molecular formula is C17H21N5O5. The topological polar surface area (TPSA) is 131 Å². The summed E-state index contributed by atoms with van der Waals surface area (Å²) in [5.74, 6) is -2.35. The van der Waals surface area contributed by atoms with Crippen LogP contribution in [0, 0.1) is 5.92 Å². The molecule has 3 heterocycles. The average Bonchev–Trinajstić information content (AvgIpc) is 3.17. The van der Waals surface area contributed by atoms with Gasteiger partial charge in [-0.3, -0.25) is 9.69 Å². The second kappa shape index (κ2) is 7.80. The van der Waals surface area contributed by atoms with Gasteiger partial charge >= 0.3 is 11.9 Å². The van der Waals surface area contributed by atoms with Crippen LogP contribution in [0.5, 0.6) is 0 Å². The number of ether oxygens (including phenoxy) is 1. The van der Waals surface area contributed by atoms with E-state index in [0.717, 1.165) is 0 Å². The summed E-state index contributed by atoms with van der Waals surface area (Å²) < 4.78 is 6.81. The summed E-state index contributed by atoms with van der Waals surface area (Å²) in [7, 11) is 0. The molecule has 10 nitrogen and oxygen atoms in total. The molecule has 144 valence electrons. The maximum absolute atomic E-state index is 12.5. The number of carboxylic acids is 2. The van der Waals surface area contributed by atoms with E-state index in [1.807, 2.05) is 0 Å². The fourth-order valence-electron chi connectivity index (χ4n) is 3.65. The highest BCUT2D eigenvalue weighted by atomic mass is 16.5. The van der Waals surface area contributed by atoms with E-state index >= 15 is 0 Å². The van der Waals surface area contributed by atoms with Crippen molar-refractivity contribution in [2.45, 2.75) is 18.9 Å². The molecule has 0 amide bonds. The maximum atomic E-state index is 12.5. The van der Waals surface area contributed by atoms with Gasteiger partial charge in [0.1, 0.15) is 18.2 Å². The van der Waals surface area contributed by atoms with Crippen molar-refractivity contribution in [3.05, 3.63) is 36.5 Å². The molecule has 10 heteroatoms. The van der Waals surface area contributed by atoms with Crippen molar-refractivity contribution in [1.29, 1.82) is 0 Å². The molecule has 1 aliphatic heterocycles. The van der Waals surface area contributed by atoms with Crippen LogP contribution in [0.3, 0.4) is 0 Å². The smallest absolute Gasteiger partial charge is 0.329 e. The van der Waals surface area contributed by atoms with E-state index in [1.54, 1.807) is 24.0 Å². The van der Waals surface area contributed by atoms with Crippen LogP contribution < -0.4 is 0 Å².